The monoisotopic (exact) mass is 399 g/mol. The first-order valence-electron chi connectivity index (χ1n) is 8.99. The number of amides is 2. The van der Waals surface area contributed by atoms with Crippen LogP contribution in [0.15, 0.2) is 78.9 Å². The number of benzene rings is 3. The van der Waals surface area contributed by atoms with Gasteiger partial charge in [0, 0.05) is 11.3 Å². The van der Waals surface area contributed by atoms with E-state index in [0.29, 0.717) is 16.8 Å². The van der Waals surface area contributed by atoms with Gasteiger partial charge in [0.2, 0.25) is 0 Å². The van der Waals surface area contributed by atoms with Gasteiger partial charge in [-0.1, -0.05) is 30.3 Å². The number of nitrogens with one attached hydrogen (secondary N) is 2. The summed E-state index contributed by atoms with van der Waals surface area (Å²) in [7, 11) is 0. The molecule has 0 heterocycles. The lowest BCUT2D eigenvalue weighted by atomic mass is 10.1. The lowest BCUT2D eigenvalue weighted by Gasteiger charge is -2.11. The molecule has 7 heteroatoms. The zero-order chi connectivity index (χ0) is 21.3. The summed E-state index contributed by atoms with van der Waals surface area (Å²) < 4.78 is 5.08. The summed E-state index contributed by atoms with van der Waals surface area (Å²) in [4.78, 5) is 36.8. The Kier molecular flexibility index (Phi) is 6.54. The number of carbonyl (C=O) groups is 3. The minimum atomic E-state index is -0.742. The van der Waals surface area contributed by atoms with Gasteiger partial charge in [-0.15, -0.1) is 0 Å². The van der Waals surface area contributed by atoms with Crippen molar-refractivity contribution >= 4 is 29.2 Å². The molecule has 0 fully saturated rings. The molecule has 0 atom stereocenters. The van der Waals surface area contributed by atoms with Gasteiger partial charge < -0.3 is 15.4 Å². The first-order chi connectivity index (χ1) is 14.6. The Morgan fingerprint density at radius 3 is 2.20 bits per heavy atom. The minimum absolute atomic E-state index is 0.132. The summed E-state index contributed by atoms with van der Waals surface area (Å²) in [5, 5.41) is 14.0. The van der Waals surface area contributed by atoms with Crippen molar-refractivity contribution in [2.24, 2.45) is 0 Å². The molecule has 3 rings (SSSR count). The van der Waals surface area contributed by atoms with Gasteiger partial charge in [-0.2, -0.15) is 5.26 Å². The van der Waals surface area contributed by atoms with Crippen molar-refractivity contribution in [2.45, 2.75) is 0 Å². The summed E-state index contributed by atoms with van der Waals surface area (Å²) in [6.07, 6.45) is 0. The minimum Gasteiger partial charge on any atom is -0.452 e. The molecular formula is C23H17N3O4. The van der Waals surface area contributed by atoms with Crippen molar-refractivity contribution < 1.29 is 19.1 Å². The van der Waals surface area contributed by atoms with Crippen molar-refractivity contribution in [2.75, 3.05) is 17.2 Å². The van der Waals surface area contributed by atoms with E-state index >= 15 is 0 Å². The van der Waals surface area contributed by atoms with E-state index in [9.17, 15) is 14.4 Å². The number of nitrogens with zero attached hydrogens (tertiary/aromatic N) is 1. The predicted molar refractivity (Wildman–Crippen MR) is 111 cm³/mol. The van der Waals surface area contributed by atoms with Crippen LogP contribution in [0.3, 0.4) is 0 Å². The molecule has 0 saturated carbocycles. The van der Waals surface area contributed by atoms with Crippen LogP contribution in [0.25, 0.3) is 0 Å². The van der Waals surface area contributed by atoms with Crippen molar-refractivity contribution in [3.8, 4) is 6.07 Å². The quantitative estimate of drug-likeness (QED) is 0.616. The highest BCUT2D eigenvalue weighted by Crippen LogP contribution is 2.17. The van der Waals surface area contributed by atoms with E-state index in [1.807, 2.05) is 6.07 Å². The second kappa shape index (κ2) is 9.66. The molecule has 0 saturated heterocycles. The lowest BCUT2D eigenvalue weighted by Crippen LogP contribution is -2.22. The van der Waals surface area contributed by atoms with E-state index in [1.165, 1.54) is 6.07 Å². The first-order valence-corrected chi connectivity index (χ1v) is 8.99. The standard InChI is InChI=1S/C23H17N3O4/c24-14-16-10-12-18(13-11-16)25-21(27)15-30-23(29)19-8-4-5-9-20(19)26-22(28)17-6-2-1-3-7-17/h1-13H,15H2,(H,25,27)(H,26,28). The molecule has 2 amide bonds. The maximum Gasteiger partial charge on any atom is 0.340 e. The number of rotatable bonds is 6. The average molecular weight is 399 g/mol. The van der Waals surface area contributed by atoms with E-state index in [-0.39, 0.29) is 17.2 Å². The molecule has 148 valence electrons. The number of ether oxygens (including phenoxy) is 1. The van der Waals surface area contributed by atoms with Gasteiger partial charge in [-0.05, 0) is 48.5 Å². The van der Waals surface area contributed by atoms with E-state index in [1.54, 1.807) is 72.8 Å². The fourth-order valence-electron chi connectivity index (χ4n) is 2.59. The molecule has 0 aliphatic heterocycles. The highest BCUT2D eigenvalue weighted by Gasteiger charge is 2.16. The van der Waals surface area contributed by atoms with Crippen LogP contribution in [-0.4, -0.2) is 24.4 Å². The Morgan fingerprint density at radius 1 is 0.833 bits per heavy atom. The molecule has 7 nitrogen and oxygen atoms in total. The second-order valence-corrected chi connectivity index (χ2v) is 6.18. The molecule has 0 aliphatic rings. The molecule has 0 aliphatic carbocycles. The molecule has 3 aromatic rings. The normalized spacial score (nSPS) is 9.83. The third-order valence-corrected chi connectivity index (χ3v) is 4.06. The highest BCUT2D eigenvalue weighted by atomic mass is 16.5. The van der Waals surface area contributed by atoms with E-state index in [0.717, 1.165) is 0 Å². The summed E-state index contributed by atoms with van der Waals surface area (Å²) in [5.41, 5.74) is 1.80. The Hall–Kier alpha value is -4.44. The molecule has 0 spiro atoms. The fourth-order valence-corrected chi connectivity index (χ4v) is 2.59. The molecule has 0 bridgehead atoms. The topological polar surface area (TPSA) is 108 Å². The van der Waals surface area contributed by atoms with Gasteiger partial charge in [-0.3, -0.25) is 9.59 Å². The zero-order valence-corrected chi connectivity index (χ0v) is 15.8. The fraction of sp³-hybridized carbons (Fsp3) is 0.0435. The van der Waals surface area contributed by atoms with Crippen LogP contribution in [0, 0.1) is 11.3 Å². The van der Waals surface area contributed by atoms with Gasteiger partial charge in [0.15, 0.2) is 6.61 Å². The average Bonchev–Trinajstić information content (AvgIpc) is 2.79. The van der Waals surface area contributed by atoms with Crippen molar-refractivity contribution in [1.29, 1.82) is 5.26 Å². The second-order valence-electron chi connectivity index (χ2n) is 6.18. The Labute approximate surface area is 172 Å². The largest absolute Gasteiger partial charge is 0.452 e. The summed E-state index contributed by atoms with van der Waals surface area (Å²) in [6, 6.07) is 23.2. The molecule has 30 heavy (non-hydrogen) atoms. The zero-order valence-electron chi connectivity index (χ0n) is 15.8. The Bertz CT molecular complexity index is 1100. The maximum atomic E-state index is 12.4. The van der Waals surface area contributed by atoms with Crippen molar-refractivity contribution in [3.63, 3.8) is 0 Å². The van der Waals surface area contributed by atoms with Crippen LogP contribution in [0.5, 0.6) is 0 Å². The van der Waals surface area contributed by atoms with Crippen LogP contribution in [-0.2, 0) is 9.53 Å². The first kappa shape index (κ1) is 20.3. The van der Waals surface area contributed by atoms with Crippen molar-refractivity contribution in [3.05, 3.63) is 95.6 Å². The van der Waals surface area contributed by atoms with E-state index in [2.05, 4.69) is 10.6 Å². The molecule has 0 aromatic heterocycles. The summed E-state index contributed by atoms with van der Waals surface area (Å²) in [5.74, 6) is -1.64. The van der Waals surface area contributed by atoms with E-state index in [4.69, 9.17) is 10.00 Å². The van der Waals surface area contributed by atoms with Gasteiger partial charge in [0.1, 0.15) is 0 Å². The molecular weight excluding hydrogens is 382 g/mol. The maximum absolute atomic E-state index is 12.4. The van der Waals surface area contributed by atoms with Crippen LogP contribution in [0.4, 0.5) is 11.4 Å². The van der Waals surface area contributed by atoms with Gasteiger partial charge in [0.05, 0.1) is 22.9 Å². The van der Waals surface area contributed by atoms with Crippen LogP contribution >= 0.6 is 0 Å². The van der Waals surface area contributed by atoms with Gasteiger partial charge >= 0.3 is 5.97 Å². The smallest absolute Gasteiger partial charge is 0.340 e. The third-order valence-electron chi connectivity index (χ3n) is 4.06. The third kappa shape index (κ3) is 5.30. The van der Waals surface area contributed by atoms with Gasteiger partial charge in [0.25, 0.3) is 11.8 Å². The van der Waals surface area contributed by atoms with Crippen LogP contribution in [0.1, 0.15) is 26.3 Å². The number of esters is 1. The van der Waals surface area contributed by atoms with Crippen LogP contribution < -0.4 is 10.6 Å². The number of anilines is 2. The highest BCUT2D eigenvalue weighted by molar-refractivity contribution is 6.08. The molecule has 3 aromatic carbocycles. The predicted octanol–water partition coefficient (Wildman–Crippen LogP) is 3.61. The SMILES string of the molecule is N#Cc1ccc(NC(=O)COC(=O)c2ccccc2NC(=O)c2ccccc2)cc1. The van der Waals surface area contributed by atoms with Gasteiger partial charge in [-0.25, -0.2) is 4.79 Å². The van der Waals surface area contributed by atoms with Crippen molar-refractivity contribution in [1.82, 2.24) is 0 Å². The lowest BCUT2D eigenvalue weighted by molar-refractivity contribution is -0.119. The summed E-state index contributed by atoms with van der Waals surface area (Å²) >= 11 is 0. The van der Waals surface area contributed by atoms with E-state index < -0.39 is 18.5 Å². The number of carbonyl (C=O) groups excluding carboxylic acids is 3. The Morgan fingerprint density at radius 2 is 1.50 bits per heavy atom. The molecule has 2 N–H and O–H groups in total. The summed E-state index contributed by atoms with van der Waals surface area (Å²) in [6.45, 7) is -0.500. The number of hydrogen-bond donors (Lipinski definition) is 2. The molecule has 0 radical (unpaired) electrons. The number of para-hydroxylation sites is 1. The number of nitriles is 1. The van der Waals surface area contributed by atoms with Crippen LogP contribution in [0.2, 0.25) is 0 Å². The Balaban J connectivity index is 1.60. The number of hydrogen-bond acceptors (Lipinski definition) is 5. The molecule has 0 unspecified atom stereocenters.